The number of ether oxygens (including phenoxy) is 1. The number of carbonyl (C=O) groups is 3. The summed E-state index contributed by atoms with van der Waals surface area (Å²) in [7, 11) is 0. The highest BCUT2D eigenvalue weighted by molar-refractivity contribution is 6.02. The summed E-state index contributed by atoms with van der Waals surface area (Å²) in [5.41, 5.74) is 0.738. The maximum Gasteiger partial charge on any atom is 0.414 e. The van der Waals surface area contributed by atoms with Crippen LogP contribution in [-0.4, -0.2) is 50.3 Å². The zero-order chi connectivity index (χ0) is 18.1. The summed E-state index contributed by atoms with van der Waals surface area (Å²) in [5, 5.41) is 2.55. The second-order valence-electron chi connectivity index (χ2n) is 5.90. The number of hydrogen-bond acceptors (Lipinski definition) is 4. The van der Waals surface area contributed by atoms with Crippen molar-refractivity contribution in [2.75, 3.05) is 36.1 Å². The molecule has 2 aliphatic rings. The van der Waals surface area contributed by atoms with E-state index < -0.39 is 24.7 Å². The minimum Gasteiger partial charge on any atom is -0.442 e. The monoisotopic (exact) mass is 353 g/mol. The van der Waals surface area contributed by atoms with E-state index in [4.69, 9.17) is 4.74 Å². The van der Waals surface area contributed by atoms with Crippen LogP contribution in [-0.2, 0) is 20.7 Å². The number of carbonyl (C=O) groups excluding carboxylic acids is 3. The van der Waals surface area contributed by atoms with E-state index in [-0.39, 0.29) is 49.2 Å². The van der Waals surface area contributed by atoms with Crippen LogP contribution >= 0.6 is 0 Å². The quantitative estimate of drug-likeness (QED) is 0.861. The Kier molecular flexibility index (Phi) is 4.56. The molecule has 25 heavy (non-hydrogen) atoms. The van der Waals surface area contributed by atoms with E-state index in [0.29, 0.717) is 5.56 Å². The third-order valence-electron chi connectivity index (χ3n) is 4.11. The third kappa shape index (κ3) is 3.26. The van der Waals surface area contributed by atoms with Crippen molar-refractivity contribution in [1.82, 2.24) is 5.32 Å². The van der Waals surface area contributed by atoms with Crippen molar-refractivity contribution < 1.29 is 27.9 Å². The molecule has 9 heteroatoms. The van der Waals surface area contributed by atoms with Gasteiger partial charge in [-0.3, -0.25) is 14.5 Å². The Morgan fingerprint density at radius 2 is 2.16 bits per heavy atom. The second-order valence-corrected chi connectivity index (χ2v) is 5.90. The van der Waals surface area contributed by atoms with E-state index in [0.717, 1.165) is 11.0 Å². The molecule has 7 nitrogen and oxygen atoms in total. The molecule has 1 aromatic rings. The molecule has 3 amide bonds. The third-order valence-corrected chi connectivity index (χ3v) is 4.11. The van der Waals surface area contributed by atoms with Gasteiger partial charge in [0.1, 0.15) is 18.6 Å². The van der Waals surface area contributed by atoms with Crippen molar-refractivity contribution in [3.8, 4) is 0 Å². The van der Waals surface area contributed by atoms with Crippen molar-refractivity contribution in [2.24, 2.45) is 0 Å². The highest BCUT2D eigenvalue weighted by Gasteiger charge is 2.36. The zero-order valence-electron chi connectivity index (χ0n) is 13.6. The number of rotatable bonds is 5. The van der Waals surface area contributed by atoms with Gasteiger partial charge in [-0.25, -0.2) is 13.6 Å². The molecule has 0 spiro atoms. The maximum absolute atomic E-state index is 14.5. The van der Waals surface area contributed by atoms with E-state index in [1.165, 1.54) is 17.9 Å². The topological polar surface area (TPSA) is 79.0 Å². The lowest BCUT2D eigenvalue weighted by Crippen LogP contribution is -2.33. The zero-order valence-corrected chi connectivity index (χ0v) is 13.6. The molecule has 0 aromatic heterocycles. The average Bonchev–Trinajstić information content (AvgIpc) is 3.06. The number of nitrogens with one attached hydrogen (secondary N) is 1. The minimum atomic E-state index is -0.768. The molecule has 1 aromatic carbocycles. The second kappa shape index (κ2) is 6.66. The molecule has 1 atom stereocenters. The Morgan fingerprint density at radius 1 is 1.40 bits per heavy atom. The van der Waals surface area contributed by atoms with Gasteiger partial charge in [0.25, 0.3) is 0 Å². The Labute approximate surface area is 142 Å². The lowest BCUT2D eigenvalue weighted by molar-refractivity contribution is -0.119. The summed E-state index contributed by atoms with van der Waals surface area (Å²) in [6.07, 6.45) is -1.24. The van der Waals surface area contributed by atoms with E-state index in [9.17, 15) is 23.2 Å². The first-order chi connectivity index (χ1) is 11.9. The van der Waals surface area contributed by atoms with Crippen molar-refractivity contribution in [1.29, 1.82) is 0 Å². The van der Waals surface area contributed by atoms with Crippen LogP contribution in [0.2, 0.25) is 0 Å². The van der Waals surface area contributed by atoms with Crippen molar-refractivity contribution >= 4 is 29.3 Å². The van der Waals surface area contributed by atoms with E-state index in [2.05, 4.69) is 5.32 Å². The van der Waals surface area contributed by atoms with Gasteiger partial charge < -0.3 is 15.0 Å². The summed E-state index contributed by atoms with van der Waals surface area (Å²) in [6.45, 7) is 0.695. The molecule has 0 saturated carbocycles. The predicted molar refractivity (Wildman–Crippen MR) is 84.7 cm³/mol. The van der Waals surface area contributed by atoms with Gasteiger partial charge in [-0.05, 0) is 17.7 Å². The molecule has 3 rings (SSSR count). The molecule has 0 aliphatic carbocycles. The van der Waals surface area contributed by atoms with Crippen molar-refractivity contribution in [3.05, 3.63) is 23.5 Å². The summed E-state index contributed by atoms with van der Waals surface area (Å²) in [5.74, 6) is -1.31. The Balaban J connectivity index is 1.82. The number of halogens is 2. The average molecular weight is 353 g/mol. The van der Waals surface area contributed by atoms with Gasteiger partial charge in [0.2, 0.25) is 11.8 Å². The van der Waals surface area contributed by atoms with E-state index >= 15 is 0 Å². The molecule has 1 N–H and O–H groups in total. The maximum atomic E-state index is 14.5. The summed E-state index contributed by atoms with van der Waals surface area (Å²) in [6, 6.07) is 2.67. The normalized spacial score (nSPS) is 19.2. The molecule has 0 radical (unpaired) electrons. The van der Waals surface area contributed by atoms with Gasteiger partial charge in [0.05, 0.1) is 37.4 Å². The van der Waals surface area contributed by atoms with Gasteiger partial charge in [-0.1, -0.05) is 0 Å². The fourth-order valence-corrected chi connectivity index (χ4v) is 3.03. The first kappa shape index (κ1) is 17.1. The fourth-order valence-electron chi connectivity index (χ4n) is 3.03. The van der Waals surface area contributed by atoms with Crippen LogP contribution in [0.15, 0.2) is 12.1 Å². The summed E-state index contributed by atoms with van der Waals surface area (Å²) >= 11 is 0. The van der Waals surface area contributed by atoms with Gasteiger partial charge in [-0.2, -0.15) is 0 Å². The molecule has 1 fully saturated rings. The Bertz CT molecular complexity index is 740. The number of anilines is 2. The van der Waals surface area contributed by atoms with Crippen molar-refractivity contribution in [2.45, 2.75) is 19.4 Å². The molecule has 0 bridgehead atoms. The summed E-state index contributed by atoms with van der Waals surface area (Å²) < 4.78 is 32.2. The smallest absolute Gasteiger partial charge is 0.414 e. The number of amides is 3. The van der Waals surface area contributed by atoms with Gasteiger partial charge >= 0.3 is 6.09 Å². The molecule has 0 unspecified atom stereocenters. The molecule has 1 saturated heterocycles. The standard InChI is InChI=1S/C16H17F2N3O4/c1-9(22)19-7-12-8-21(16(24)25-12)11-4-10-5-14(23)20(3-2-17)15(10)13(18)6-11/h4,6,12H,2-3,5,7-8H2,1H3,(H,19,22)/t12-/m0/s1. The predicted octanol–water partition coefficient (Wildman–Crippen LogP) is 1.15. The minimum absolute atomic E-state index is 0.0434. The fraction of sp³-hybridized carbons (Fsp3) is 0.438. The van der Waals surface area contributed by atoms with E-state index in [1.54, 1.807) is 0 Å². The lowest BCUT2D eigenvalue weighted by atomic mass is 10.1. The molecular formula is C16H17F2N3O4. The number of benzene rings is 1. The number of cyclic esters (lactones) is 1. The molecular weight excluding hydrogens is 336 g/mol. The number of fused-ring (bicyclic) bond motifs is 1. The number of alkyl halides is 1. The lowest BCUT2D eigenvalue weighted by Gasteiger charge is -2.18. The van der Waals surface area contributed by atoms with Gasteiger partial charge in [0.15, 0.2) is 0 Å². The molecule has 2 aliphatic heterocycles. The Hall–Kier alpha value is -2.71. The van der Waals surface area contributed by atoms with Crippen LogP contribution in [0.25, 0.3) is 0 Å². The van der Waals surface area contributed by atoms with Crippen LogP contribution in [0.1, 0.15) is 12.5 Å². The van der Waals surface area contributed by atoms with Gasteiger partial charge in [0, 0.05) is 6.92 Å². The van der Waals surface area contributed by atoms with Crippen LogP contribution in [0.4, 0.5) is 25.0 Å². The molecule has 134 valence electrons. The van der Waals surface area contributed by atoms with Crippen LogP contribution in [0.5, 0.6) is 0 Å². The van der Waals surface area contributed by atoms with Crippen LogP contribution < -0.4 is 15.1 Å². The first-order valence-electron chi connectivity index (χ1n) is 7.82. The molecule has 2 heterocycles. The number of nitrogens with zero attached hydrogens (tertiary/aromatic N) is 2. The number of hydrogen-bond donors (Lipinski definition) is 1. The van der Waals surface area contributed by atoms with Crippen LogP contribution in [0.3, 0.4) is 0 Å². The van der Waals surface area contributed by atoms with Gasteiger partial charge in [-0.15, -0.1) is 0 Å². The van der Waals surface area contributed by atoms with E-state index in [1.807, 2.05) is 0 Å². The summed E-state index contributed by atoms with van der Waals surface area (Å²) in [4.78, 5) is 37.2. The highest BCUT2D eigenvalue weighted by Crippen LogP contribution is 2.36. The first-order valence-corrected chi connectivity index (χ1v) is 7.82. The largest absolute Gasteiger partial charge is 0.442 e. The van der Waals surface area contributed by atoms with Crippen molar-refractivity contribution in [3.63, 3.8) is 0 Å². The Morgan fingerprint density at radius 3 is 2.84 bits per heavy atom. The van der Waals surface area contributed by atoms with Crippen LogP contribution in [0, 0.1) is 5.82 Å². The SMILES string of the molecule is CC(=O)NC[C@H]1CN(c2cc(F)c3c(c2)CC(=O)N3CCF)C(=O)O1. The highest BCUT2D eigenvalue weighted by atomic mass is 19.1.